The Morgan fingerprint density at radius 2 is 1.82 bits per heavy atom. The lowest BCUT2D eigenvalue weighted by Crippen LogP contribution is -2.19. The number of hydrogen-bond donors (Lipinski definition) is 1. The molecule has 9 heteroatoms. The number of hydrogen-bond acceptors (Lipinski definition) is 4. The van der Waals surface area contributed by atoms with Gasteiger partial charge in [-0.15, -0.1) is 0 Å². The van der Waals surface area contributed by atoms with Gasteiger partial charge < -0.3 is 4.98 Å². The lowest BCUT2D eigenvalue weighted by molar-refractivity contribution is -0.384. The molecule has 1 aromatic carbocycles. The van der Waals surface area contributed by atoms with E-state index >= 15 is 0 Å². The minimum Gasteiger partial charge on any atom is -0.302 e. The molecule has 0 bridgehead atoms. The number of aromatic amines is 1. The quantitative estimate of drug-likeness (QED) is 0.697. The maximum Gasteiger partial charge on any atom is 0.431 e. The van der Waals surface area contributed by atoms with Gasteiger partial charge in [-0.2, -0.15) is 18.2 Å². The van der Waals surface area contributed by atoms with Crippen LogP contribution in [-0.2, 0) is 6.18 Å². The average Bonchev–Trinajstić information content (AvgIpc) is 2.44. The van der Waals surface area contributed by atoms with E-state index in [-0.39, 0.29) is 11.4 Å². The van der Waals surface area contributed by atoms with Crippen LogP contribution < -0.4 is 5.69 Å². The fraction of sp³-hybridized carbons (Fsp3) is 0.0769. The number of nitrogens with zero attached hydrogens (tertiary/aromatic N) is 2. The number of halogens is 3. The number of nitro benzene ring substituents is 1. The fourth-order valence-corrected chi connectivity index (χ4v) is 1.60. The highest BCUT2D eigenvalue weighted by Gasteiger charge is 2.32. The van der Waals surface area contributed by atoms with Crippen LogP contribution in [0.1, 0.15) is 17.0 Å². The summed E-state index contributed by atoms with van der Waals surface area (Å²) in [6, 6.07) is 6.06. The largest absolute Gasteiger partial charge is 0.431 e. The van der Waals surface area contributed by atoms with Gasteiger partial charge in [0.05, 0.1) is 10.6 Å². The van der Waals surface area contributed by atoms with Crippen LogP contribution in [0, 0.1) is 10.1 Å². The SMILES string of the molecule is O=c1nc(C=Cc2ccc([N+](=O)[O-])cc2)cc(C(F)(F)F)[nH]1. The topological polar surface area (TPSA) is 88.9 Å². The van der Waals surface area contributed by atoms with Crippen molar-refractivity contribution >= 4 is 17.8 Å². The normalized spacial score (nSPS) is 11.8. The highest BCUT2D eigenvalue weighted by atomic mass is 19.4. The zero-order chi connectivity index (χ0) is 16.3. The molecule has 0 saturated carbocycles. The van der Waals surface area contributed by atoms with E-state index in [0.29, 0.717) is 11.6 Å². The van der Waals surface area contributed by atoms with Crippen LogP contribution in [0.4, 0.5) is 18.9 Å². The zero-order valence-electron chi connectivity index (χ0n) is 10.8. The first-order valence-electron chi connectivity index (χ1n) is 5.87. The number of benzene rings is 1. The van der Waals surface area contributed by atoms with E-state index in [2.05, 4.69) is 4.98 Å². The summed E-state index contributed by atoms with van der Waals surface area (Å²) < 4.78 is 37.6. The first-order valence-corrected chi connectivity index (χ1v) is 5.87. The van der Waals surface area contributed by atoms with Gasteiger partial charge in [-0.1, -0.05) is 6.08 Å². The van der Waals surface area contributed by atoms with Gasteiger partial charge in [0.15, 0.2) is 0 Å². The van der Waals surface area contributed by atoms with Crippen molar-refractivity contribution in [1.29, 1.82) is 0 Å². The fourth-order valence-electron chi connectivity index (χ4n) is 1.60. The molecular weight excluding hydrogens is 303 g/mol. The van der Waals surface area contributed by atoms with Crippen LogP contribution in [0.15, 0.2) is 35.1 Å². The zero-order valence-corrected chi connectivity index (χ0v) is 10.8. The third-order valence-electron chi connectivity index (χ3n) is 2.62. The van der Waals surface area contributed by atoms with Gasteiger partial charge in [-0.05, 0) is 29.8 Å². The van der Waals surface area contributed by atoms with Crippen LogP contribution >= 0.6 is 0 Å². The van der Waals surface area contributed by atoms with Crippen molar-refractivity contribution in [3.8, 4) is 0 Å². The molecule has 1 N–H and O–H groups in total. The highest BCUT2D eigenvalue weighted by Crippen LogP contribution is 2.27. The van der Waals surface area contributed by atoms with E-state index in [1.165, 1.54) is 36.4 Å². The Kier molecular flexibility index (Phi) is 4.06. The Balaban J connectivity index is 2.28. The molecule has 0 spiro atoms. The highest BCUT2D eigenvalue weighted by molar-refractivity contribution is 5.68. The molecule has 114 valence electrons. The average molecular weight is 311 g/mol. The Labute approximate surface area is 121 Å². The summed E-state index contributed by atoms with van der Waals surface area (Å²) in [4.78, 5) is 26.0. The summed E-state index contributed by atoms with van der Waals surface area (Å²) >= 11 is 0. The van der Waals surface area contributed by atoms with Crippen LogP contribution in [0.25, 0.3) is 12.2 Å². The maximum absolute atomic E-state index is 12.5. The van der Waals surface area contributed by atoms with E-state index in [1.54, 1.807) is 4.98 Å². The monoisotopic (exact) mass is 311 g/mol. The molecule has 0 saturated heterocycles. The van der Waals surface area contributed by atoms with Gasteiger partial charge in [0.2, 0.25) is 0 Å². The van der Waals surface area contributed by atoms with Crippen molar-refractivity contribution in [3.63, 3.8) is 0 Å². The van der Waals surface area contributed by atoms with Crippen molar-refractivity contribution in [2.45, 2.75) is 6.18 Å². The predicted molar refractivity (Wildman–Crippen MR) is 71.9 cm³/mol. The second kappa shape index (κ2) is 5.80. The number of rotatable bonds is 3. The van der Waals surface area contributed by atoms with Crippen molar-refractivity contribution in [2.75, 3.05) is 0 Å². The van der Waals surface area contributed by atoms with Crippen LogP contribution in [0.3, 0.4) is 0 Å². The molecule has 0 unspecified atom stereocenters. The summed E-state index contributed by atoms with van der Waals surface area (Å²) in [5, 5.41) is 10.5. The van der Waals surface area contributed by atoms with Gasteiger partial charge >= 0.3 is 11.9 Å². The van der Waals surface area contributed by atoms with Crippen molar-refractivity contribution in [1.82, 2.24) is 9.97 Å². The molecule has 0 aliphatic heterocycles. The Hall–Kier alpha value is -2.97. The second-order valence-electron chi connectivity index (χ2n) is 4.20. The van der Waals surface area contributed by atoms with E-state index in [4.69, 9.17) is 0 Å². The summed E-state index contributed by atoms with van der Waals surface area (Å²) in [5.74, 6) is 0. The van der Waals surface area contributed by atoms with Crippen LogP contribution in [-0.4, -0.2) is 14.9 Å². The summed E-state index contributed by atoms with van der Waals surface area (Å²) in [5.41, 5.74) is -2.07. The van der Waals surface area contributed by atoms with Crippen molar-refractivity contribution in [3.05, 3.63) is 67.9 Å². The predicted octanol–water partition coefficient (Wildman–Crippen LogP) is 2.87. The minimum absolute atomic E-state index is 0.106. The number of aromatic nitrogens is 2. The lowest BCUT2D eigenvalue weighted by atomic mass is 10.2. The van der Waals surface area contributed by atoms with Gasteiger partial charge in [-0.25, -0.2) is 4.79 Å². The molecule has 0 aliphatic carbocycles. The standard InChI is InChI=1S/C13H8F3N3O3/c14-13(15,16)11-7-9(17-12(20)18-11)4-1-8-2-5-10(6-3-8)19(21)22/h1-7H,(H,17,18,20). The first kappa shape index (κ1) is 15.4. The summed E-state index contributed by atoms with van der Waals surface area (Å²) in [7, 11) is 0. The number of alkyl halides is 3. The molecule has 0 atom stereocenters. The van der Waals surface area contributed by atoms with E-state index < -0.39 is 22.5 Å². The third-order valence-corrected chi connectivity index (χ3v) is 2.62. The van der Waals surface area contributed by atoms with E-state index in [9.17, 15) is 28.1 Å². The minimum atomic E-state index is -4.68. The molecule has 2 rings (SSSR count). The second-order valence-corrected chi connectivity index (χ2v) is 4.20. The molecule has 0 amide bonds. The van der Waals surface area contributed by atoms with Gasteiger partial charge in [0.1, 0.15) is 5.69 Å². The molecule has 6 nitrogen and oxygen atoms in total. The van der Waals surface area contributed by atoms with Crippen LogP contribution in [0.5, 0.6) is 0 Å². The number of nitrogens with one attached hydrogen (secondary N) is 1. The van der Waals surface area contributed by atoms with Gasteiger partial charge in [0, 0.05) is 12.1 Å². The number of non-ortho nitro benzene ring substituents is 1. The molecular formula is C13H8F3N3O3. The molecule has 0 radical (unpaired) electrons. The number of nitro groups is 1. The van der Waals surface area contributed by atoms with E-state index in [1.807, 2.05) is 0 Å². The maximum atomic E-state index is 12.5. The third kappa shape index (κ3) is 3.78. The molecule has 22 heavy (non-hydrogen) atoms. The lowest BCUT2D eigenvalue weighted by Gasteiger charge is -2.05. The summed E-state index contributed by atoms with van der Waals surface area (Å²) in [6.45, 7) is 0. The molecule has 2 aromatic rings. The Bertz CT molecular complexity index is 780. The smallest absolute Gasteiger partial charge is 0.302 e. The van der Waals surface area contributed by atoms with E-state index in [0.717, 1.165) is 0 Å². The van der Waals surface area contributed by atoms with Gasteiger partial charge in [0.25, 0.3) is 5.69 Å². The van der Waals surface area contributed by atoms with Crippen LogP contribution in [0.2, 0.25) is 0 Å². The summed E-state index contributed by atoms with van der Waals surface area (Å²) in [6.07, 6.45) is -2.07. The molecule has 0 fully saturated rings. The molecule has 0 aliphatic rings. The molecule has 1 heterocycles. The first-order chi connectivity index (χ1) is 10.3. The van der Waals surface area contributed by atoms with Gasteiger partial charge in [-0.3, -0.25) is 10.1 Å². The number of H-pyrrole nitrogens is 1. The van der Waals surface area contributed by atoms with Crippen molar-refractivity contribution in [2.24, 2.45) is 0 Å². The Morgan fingerprint density at radius 1 is 1.18 bits per heavy atom. The van der Waals surface area contributed by atoms with Crippen molar-refractivity contribution < 1.29 is 18.1 Å². The Morgan fingerprint density at radius 3 is 2.36 bits per heavy atom. The molecule has 1 aromatic heterocycles.